The Morgan fingerprint density at radius 1 is 1.35 bits per heavy atom. The highest BCUT2D eigenvalue weighted by atomic mass is 127. The Labute approximate surface area is 154 Å². The predicted molar refractivity (Wildman–Crippen MR) is 101 cm³/mol. The average Bonchev–Trinajstić information content (AvgIpc) is 2.52. The molecule has 6 heteroatoms. The maximum Gasteiger partial charge on any atom is 0.255 e. The number of halogens is 2. The van der Waals surface area contributed by atoms with Gasteiger partial charge in [0.15, 0.2) is 11.5 Å². The molecular formula is C17H17ClINO3. The average molecular weight is 446 g/mol. The van der Waals surface area contributed by atoms with E-state index in [0.29, 0.717) is 34.4 Å². The van der Waals surface area contributed by atoms with Gasteiger partial charge in [0.05, 0.1) is 17.3 Å². The molecule has 1 amide bonds. The van der Waals surface area contributed by atoms with Gasteiger partial charge in [-0.3, -0.25) is 4.79 Å². The standard InChI is InChI=1S/C17H17ClINO3/c1-4-23-15-9-11(8-13(19)16(15)22-3)17(21)20-14-7-5-6-12(18)10(14)2/h5-9H,4H2,1-3H3,(H,20,21). The van der Waals surface area contributed by atoms with Crippen LogP contribution in [0.3, 0.4) is 0 Å². The molecular weight excluding hydrogens is 429 g/mol. The van der Waals surface area contributed by atoms with E-state index < -0.39 is 0 Å². The van der Waals surface area contributed by atoms with Gasteiger partial charge in [-0.05, 0) is 66.3 Å². The Balaban J connectivity index is 2.34. The summed E-state index contributed by atoms with van der Waals surface area (Å²) in [6.45, 7) is 4.24. The van der Waals surface area contributed by atoms with Gasteiger partial charge < -0.3 is 14.8 Å². The Hall–Kier alpha value is -1.47. The van der Waals surface area contributed by atoms with E-state index in [4.69, 9.17) is 21.1 Å². The third kappa shape index (κ3) is 4.09. The van der Waals surface area contributed by atoms with E-state index in [2.05, 4.69) is 27.9 Å². The molecule has 2 rings (SSSR count). The first-order valence-corrected chi connectivity index (χ1v) is 8.50. The van der Waals surface area contributed by atoms with E-state index in [0.717, 1.165) is 9.13 Å². The van der Waals surface area contributed by atoms with Crippen molar-refractivity contribution in [3.8, 4) is 11.5 Å². The largest absolute Gasteiger partial charge is 0.492 e. The zero-order chi connectivity index (χ0) is 17.0. The molecule has 0 bridgehead atoms. The number of methoxy groups -OCH3 is 1. The van der Waals surface area contributed by atoms with E-state index in [1.165, 1.54) is 0 Å². The van der Waals surface area contributed by atoms with E-state index >= 15 is 0 Å². The fourth-order valence-corrected chi connectivity index (χ4v) is 3.09. The van der Waals surface area contributed by atoms with Crippen LogP contribution in [-0.4, -0.2) is 19.6 Å². The van der Waals surface area contributed by atoms with Gasteiger partial charge in [-0.15, -0.1) is 0 Å². The summed E-state index contributed by atoms with van der Waals surface area (Å²) >= 11 is 8.21. The minimum atomic E-state index is -0.225. The van der Waals surface area contributed by atoms with Crippen molar-refractivity contribution in [2.45, 2.75) is 13.8 Å². The normalized spacial score (nSPS) is 10.3. The number of carbonyl (C=O) groups is 1. The van der Waals surface area contributed by atoms with Gasteiger partial charge in [-0.25, -0.2) is 0 Å². The number of nitrogens with one attached hydrogen (secondary N) is 1. The van der Waals surface area contributed by atoms with E-state index in [-0.39, 0.29) is 5.91 Å². The van der Waals surface area contributed by atoms with Crippen LogP contribution in [0.25, 0.3) is 0 Å². The van der Waals surface area contributed by atoms with Crippen LogP contribution in [0, 0.1) is 10.5 Å². The summed E-state index contributed by atoms with van der Waals surface area (Å²) in [6.07, 6.45) is 0. The Morgan fingerprint density at radius 2 is 2.09 bits per heavy atom. The molecule has 1 N–H and O–H groups in total. The predicted octanol–water partition coefficient (Wildman–Crippen LogP) is 4.91. The number of ether oxygens (including phenoxy) is 2. The second-order valence-electron chi connectivity index (χ2n) is 4.79. The zero-order valence-electron chi connectivity index (χ0n) is 13.1. The molecule has 0 fully saturated rings. The number of amides is 1. The van der Waals surface area contributed by atoms with Gasteiger partial charge in [-0.1, -0.05) is 17.7 Å². The van der Waals surface area contributed by atoms with Crippen molar-refractivity contribution in [2.24, 2.45) is 0 Å². The lowest BCUT2D eigenvalue weighted by Crippen LogP contribution is -2.13. The first-order chi connectivity index (χ1) is 11.0. The lowest BCUT2D eigenvalue weighted by atomic mass is 10.1. The molecule has 0 saturated carbocycles. The molecule has 2 aromatic carbocycles. The van der Waals surface area contributed by atoms with E-state index in [1.807, 2.05) is 19.9 Å². The molecule has 0 aliphatic rings. The lowest BCUT2D eigenvalue weighted by molar-refractivity contribution is 0.102. The van der Waals surface area contributed by atoms with Crippen LogP contribution in [0.2, 0.25) is 5.02 Å². The van der Waals surface area contributed by atoms with Crippen LogP contribution < -0.4 is 14.8 Å². The van der Waals surface area contributed by atoms with Crippen molar-refractivity contribution >= 4 is 45.8 Å². The van der Waals surface area contributed by atoms with Gasteiger partial charge in [0.1, 0.15) is 0 Å². The van der Waals surface area contributed by atoms with E-state index in [1.54, 1.807) is 31.4 Å². The fraction of sp³-hybridized carbons (Fsp3) is 0.235. The molecule has 0 atom stereocenters. The molecule has 122 valence electrons. The third-order valence-electron chi connectivity index (χ3n) is 3.29. The highest BCUT2D eigenvalue weighted by molar-refractivity contribution is 14.1. The summed E-state index contributed by atoms with van der Waals surface area (Å²) in [6, 6.07) is 8.85. The van der Waals surface area contributed by atoms with Gasteiger partial charge >= 0.3 is 0 Å². The topological polar surface area (TPSA) is 47.6 Å². The highest BCUT2D eigenvalue weighted by Gasteiger charge is 2.16. The molecule has 0 aliphatic carbocycles. The SMILES string of the molecule is CCOc1cc(C(=O)Nc2cccc(Cl)c2C)cc(I)c1OC. The second kappa shape index (κ2) is 7.88. The first-order valence-electron chi connectivity index (χ1n) is 7.04. The number of anilines is 1. The maximum atomic E-state index is 12.5. The summed E-state index contributed by atoms with van der Waals surface area (Å²) in [5.74, 6) is 0.953. The monoisotopic (exact) mass is 445 g/mol. The smallest absolute Gasteiger partial charge is 0.255 e. The van der Waals surface area contributed by atoms with Gasteiger partial charge in [0, 0.05) is 16.3 Å². The summed E-state index contributed by atoms with van der Waals surface area (Å²) in [4.78, 5) is 12.5. The van der Waals surface area contributed by atoms with Crippen molar-refractivity contribution in [1.29, 1.82) is 0 Å². The third-order valence-corrected chi connectivity index (χ3v) is 4.50. The summed E-state index contributed by atoms with van der Waals surface area (Å²) in [5.41, 5.74) is 2.01. The second-order valence-corrected chi connectivity index (χ2v) is 6.36. The van der Waals surface area contributed by atoms with Crippen molar-refractivity contribution in [3.05, 3.63) is 50.1 Å². The summed E-state index contributed by atoms with van der Waals surface area (Å²) in [7, 11) is 1.58. The van der Waals surface area contributed by atoms with Crippen LogP contribution >= 0.6 is 34.2 Å². The molecule has 4 nitrogen and oxygen atoms in total. The van der Waals surface area contributed by atoms with Crippen LogP contribution in [0.4, 0.5) is 5.69 Å². The minimum absolute atomic E-state index is 0.225. The van der Waals surface area contributed by atoms with Crippen molar-refractivity contribution in [1.82, 2.24) is 0 Å². The Morgan fingerprint density at radius 3 is 2.74 bits per heavy atom. The molecule has 0 spiro atoms. The molecule has 2 aromatic rings. The number of hydrogen-bond donors (Lipinski definition) is 1. The minimum Gasteiger partial charge on any atom is -0.492 e. The van der Waals surface area contributed by atoms with Crippen LogP contribution in [0.5, 0.6) is 11.5 Å². The number of rotatable bonds is 5. The number of carbonyl (C=O) groups excluding carboxylic acids is 1. The molecule has 23 heavy (non-hydrogen) atoms. The highest BCUT2D eigenvalue weighted by Crippen LogP contribution is 2.34. The summed E-state index contributed by atoms with van der Waals surface area (Å²) in [5, 5.41) is 3.49. The zero-order valence-corrected chi connectivity index (χ0v) is 16.0. The van der Waals surface area contributed by atoms with Crippen LogP contribution in [0.1, 0.15) is 22.8 Å². The van der Waals surface area contributed by atoms with Gasteiger partial charge in [0.2, 0.25) is 0 Å². The van der Waals surface area contributed by atoms with E-state index in [9.17, 15) is 4.79 Å². The molecule has 0 saturated heterocycles. The fourth-order valence-electron chi connectivity index (χ4n) is 2.10. The van der Waals surface area contributed by atoms with Crippen LogP contribution in [-0.2, 0) is 0 Å². The molecule has 0 aromatic heterocycles. The summed E-state index contributed by atoms with van der Waals surface area (Å²) < 4.78 is 11.7. The van der Waals surface area contributed by atoms with Gasteiger partial charge in [0.25, 0.3) is 5.91 Å². The maximum absolute atomic E-state index is 12.5. The van der Waals surface area contributed by atoms with Crippen molar-refractivity contribution in [2.75, 3.05) is 19.0 Å². The quantitative estimate of drug-likeness (QED) is 0.665. The Kier molecular flexibility index (Phi) is 6.12. The lowest BCUT2D eigenvalue weighted by Gasteiger charge is -2.14. The first kappa shape index (κ1) is 17.9. The molecule has 0 aliphatic heterocycles. The Bertz CT molecular complexity index is 734. The number of benzene rings is 2. The number of hydrogen-bond acceptors (Lipinski definition) is 3. The van der Waals surface area contributed by atoms with Crippen molar-refractivity contribution in [3.63, 3.8) is 0 Å². The van der Waals surface area contributed by atoms with Gasteiger partial charge in [-0.2, -0.15) is 0 Å². The molecule has 0 unspecified atom stereocenters. The van der Waals surface area contributed by atoms with Crippen molar-refractivity contribution < 1.29 is 14.3 Å². The molecule has 0 heterocycles. The van der Waals surface area contributed by atoms with Crippen LogP contribution in [0.15, 0.2) is 30.3 Å². The molecule has 0 radical (unpaired) electrons.